The zero-order valence-corrected chi connectivity index (χ0v) is 24.8. The predicted molar refractivity (Wildman–Crippen MR) is 159 cm³/mol. The van der Waals surface area contributed by atoms with Crippen LogP contribution >= 0.6 is 35.8 Å². The maximum Gasteiger partial charge on any atom is 0.276 e. The molecule has 1 aromatic rings. The van der Waals surface area contributed by atoms with Crippen molar-refractivity contribution in [3.05, 3.63) is 33.3 Å². The summed E-state index contributed by atoms with van der Waals surface area (Å²) in [5.74, 6) is -0.174. The first-order valence-corrected chi connectivity index (χ1v) is 14.8. The molecule has 0 aromatic carbocycles. The van der Waals surface area contributed by atoms with Crippen LogP contribution in [0.3, 0.4) is 0 Å². The number of nitrogens with zero attached hydrogens (tertiary/aromatic N) is 6. The van der Waals surface area contributed by atoms with E-state index in [2.05, 4.69) is 9.80 Å². The largest absolute Gasteiger partial charge is 0.379 e. The van der Waals surface area contributed by atoms with Gasteiger partial charge in [-0.15, -0.1) is 11.3 Å². The minimum atomic E-state index is -0.0870. The second kappa shape index (κ2) is 12.5. The van der Waals surface area contributed by atoms with Crippen molar-refractivity contribution in [2.75, 3.05) is 92.9 Å². The van der Waals surface area contributed by atoms with Gasteiger partial charge in [0.1, 0.15) is 11.4 Å². The number of hydrogen-bond donors (Lipinski definition) is 0. The van der Waals surface area contributed by atoms with Crippen LogP contribution in [0.4, 0.5) is 0 Å². The molecular formula is C26H34N6O4S3. The molecule has 0 unspecified atom stereocenters. The molecule has 0 spiro atoms. The zero-order chi connectivity index (χ0) is 27.5. The second-order valence-corrected chi connectivity index (χ2v) is 11.7. The van der Waals surface area contributed by atoms with Gasteiger partial charge in [-0.05, 0) is 48.7 Å². The summed E-state index contributed by atoms with van der Waals surface area (Å²) in [6.07, 6.45) is 3.74. The summed E-state index contributed by atoms with van der Waals surface area (Å²) in [6.45, 7) is 9.00. The third-order valence-electron chi connectivity index (χ3n) is 7.38. The van der Waals surface area contributed by atoms with Gasteiger partial charge in [0.05, 0.1) is 26.4 Å². The van der Waals surface area contributed by atoms with Crippen molar-refractivity contribution < 1.29 is 19.1 Å². The summed E-state index contributed by atoms with van der Waals surface area (Å²) in [5, 5.41) is 1.03. The quantitative estimate of drug-likeness (QED) is 0.326. The number of carbonyl (C=O) groups is 2. The van der Waals surface area contributed by atoms with Gasteiger partial charge in [-0.25, -0.2) is 0 Å². The highest BCUT2D eigenvalue weighted by atomic mass is 32.1. The lowest BCUT2D eigenvalue weighted by molar-refractivity contribution is -0.123. The van der Waals surface area contributed by atoms with Crippen LogP contribution in [0.15, 0.2) is 23.5 Å². The molecule has 210 valence electrons. The Morgan fingerprint density at radius 2 is 1.10 bits per heavy atom. The van der Waals surface area contributed by atoms with Gasteiger partial charge in [-0.3, -0.25) is 29.2 Å². The number of thiophene rings is 1. The highest BCUT2D eigenvalue weighted by Crippen LogP contribution is 2.29. The fraction of sp³-hybridized carbons (Fsp3) is 0.538. The first kappa shape index (κ1) is 28.3. The summed E-state index contributed by atoms with van der Waals surface area (Å²) in [4.78, 5) is 39.7. The van der Waals surface area contributed by atoms with Gasteiger partial charge in [-0.1, -0.05) is 0 Å². The third-order valence-corrected chi connectivity index (χ3v) is 9.35. The summed E-state index contributed by atoms with van der Waals surface area (Å²) >= 11 is 12.7. The van der Waals surface area contributed by atoms with Crippen LogP contribution in [0.5, 0.6) is 0 Å². The second-order valence-electron chi connectivity index (χ2n) is 9.80. The normalized spacial score (nSPS) is 23.9. The van der Waals surface area contributed by atoms with Gasteiger partial charge < -0.3 is 19.3 Å². The number of rotatable bonds is 8. The number of likely N-dealkylation sites (N-methyl/N-ethyl adjacent to an activating group) is 2. The number of amides is 2. The summed E-state index contributed by atoms with van der Waals surface area (Å²) in [6, 6.07) is 3.91. The molecule has 5 rings (SSSR count). The molecule has 4 aliphatic rings. The summed E-state index contributed by atoms with van der Waals surface area (Å²) < 4.78 is 10.8. The van der Waals surface area contributed by atoms with E-state index in [1.165, 1.54) is 11.3 Å². The Kier molecular flexibility index (Phi) is 9.06. The number of morpholine rings is 2. The van der Waals surface area contributed by atoms with E-state index in [9.17, 15) is 9.59 Å². The first-order valence-electron chi connectivity index (χ1n) is 13.2. The van der Waals surface area contributed by atoms with E-state index in [-0.39, 0.29) is 11.8 Å². The number of carbonyl (C=O) groups excluding carboxylic acids is 2. The molecule has 0 atom stereocenters. The average molecular weight is 591 g/mol. The van der Waals surface area contributed by atoms with Gasteiger partial charge in [0.25, 0.3) is 11.8 Å². The molecule has 4 aliphatic heterocycles. The maximum atomic E-state index is 13.2. The van der Waals surface area contributed by atoms with Gasteiger partial charge >= 0.3 is 0 Å². The van der Waals surface area contributed by atoms with E-state index in [0.29, 0.717) is 34.7 Å². The van der Waals surface area contributed by atoms with E-state index in [0.717, 1.165) is 75.5 Å². The van der Waals surface area contributed by atoms with Gasteiger partial charge in [0.2, 0.25) is 0 Å². The van der Waals surface area contributed by atoms with Crippen LogP contribution < -0.4 is 0 Å². The van der Waals surface area contributed by atoms with Crippen LogP contribution in [0.25, 0.3) is 12.2 Å². The lowest BCUT2D eigenvalue weighted by atomic mass is 10.3. The fourth-order valence-corrected chi connectivity index (χ4v) is 6.37. The SMILES string of the molecule is CN1C(=S)N(CCN2CCOCC2)C(=O)/C1=C/c1ccc(/C=C2\C(=O)N(CCN3CCOCC3)C(=S)N2C)s1. The molecular weight excluding hydrogens is 557 g/mol. The van der Waals surface area contributed by atoms with E-state index < -0.39 is 0 Å². The average Bonchev–Trinajstić information content (AvgIpc) is 3.54. The van der Waals surface area contributed by atoms with Gasteiger partial charge in [0.15, 0.2) is 10.2 Å². The van der Waals surface area contributed by atoms with E-state index >= 15 is 0 Å². The van der Waals surface area contributed by atoms with Crippen molar-refractivity contribution in [2.45, 2.75) is 0 Å². The lowest BCUT2D eigenvalue weighted by Crippen LogP contribution is -2.43. The highest BCUT2D eigenvalue weighted by Gasteiger charge is 2.37. The predicted octanol–water partition coefficient (Wildman–Crippen LogP) is 1.21. The monoisotopic (exact) mass is 590 g/mol. The van der Waals surface area contributed by atoms with Crippen molar-refractivity contribution >= 4 is 70.0 Å². The Labute approximate surface area is 244 Å². The van der Waals surface area contributed by atoms with Crippen molar-refractivity contribution in [1.82, 2.24) is 29.4 Å². The number of thiocarbonyl (C=S) groups is 2. The Balaban J connectivity index is 1.24. The van der Waals surface area contributed by atoms with Crippen molar-refractivity contribution in [3.8, 4) is 0 Å². The van der Waals surface area contributed by atoms with Crippen LogP contribution in [0, 0.1) is 0 Å². The summed E-state index contributed by atoms with van der Waals surface area (Å²) in [7, 11) is 3.66. The molecule has 0 N–H and O–H groups in total. The van der Waals surface area contributed by atoms with Crippen LogP contribution in [-0.4, -0.2) is 144 Å². The van der Waals surface area contributed by atoms with Gasteiger partial charge in [-0.2, -0.15) is 0 Å². The molecule has 0 bridgehead atoms. The number of ether oxygens (including phenoxy) is 2. The van der Waals surface area contributed by atoms with E-state index in [4.69, 9.17) is 33.9 Å². The Bertz CT molecular complexity index is 1100. The molecule has 0 radical (unpaired) electrons. The van der Waals surface area contributed by atoms with Crippen LogP contribution in [0.2, 0.25) is 0 Å². The molecule has 5 heterocycles. The molecule has 4 fully saturated rings. The van der Waals surface area contributed by atoms with Crippen molar-refractivity contribution in [2.24, 2.45) is 0 Å². The fourth-order valence-electron chi connectivity index (χ4n) is 4.94. The smallest absolute Gasteiger partial charge is 0.276 e. The molecule has 10 nitrogen and oxygen atoms in total. The number of hydrogen-bond acceptors (Lipinski definition) is 9. The highest BCUT2D eigenvalue weighted by molar-refractivity contribution is 7.80. The molecule has 2 amide bonds. The van der Waals surface area contributed by atoms with Crippen molar-refractivity contribution in [3.63, 3.8) is 0 Å². The summed E-state index contributed by atoms with van der Waals surface area (Å²) in [5.41, 5.74) is 1.10. The minimum absolute atomic E-state index is 0.0870. The molecule has 0 aliphatic carbocycles. The topological polar surface area (TPSA) is 72.0 Å². The van der Waals surface area contributed by atoms with Crippen LogP contribution in [-0.2, 0) is 19.1 Å². The molecule has 39 heavy (non-hydrogen) atoms. The Hall–Kier alpha value is -2.26. The first-order chi connectivity index (χ1) is 18.8. The van der Waals surface area contributed by atoms with E-state index in [1.54, 1.807) is 19.6 Å². The zero-order valence-electron chi connectivity index (χ0n) is 22.3. The minimum Gasteiger partial charge on any atom is -0.379 e. The van der Waals surface area contributed by atoms with E-state index in [1.807, 2.05) is 38.4 Å². The molecule has 13 heteroatoms. The molecule has 4 saturated heterocycles. The third kappa shape index (κ3) is 6.24. The molecule has 1 aromatic heterocycles. The Morgan fingerprint density at radius 1 is 0.718 bits per heavy atom. The standard InChI is InChI=1S/C26H34N6O4S3/c1-27-21(23(33)31(25(27)37)7-5-29-9-13-35-14-10-29)17-19-3-4-20(39-19)18-22-24(34)32(26(38)28(22)2)8-6-30-11-15-36-16-12-30/h3-4,17-18H,5-16H2,1-2H3/b21-17-,22-18+. The maximum absolute atomic E-state index is 13.2. The molecule has 0 saturated carbocycles. The van der Waals surface area contributed by atoms with Crippen molar-refractivity contribution in [1.29, 1.82) is 0 Å². The lowest BCUT2D eigenvalue weighted by Gasteiger charge is -2.28. The Morgan fingerprint density at radius 3 is 1.49 bits per heavy atom. The van der Waals surface area contributed by atoms with Gasteiger partial charge in [0, 0.05) is 76.2 Å². The van der Waals surface area contributed by atoms with Crippen LogP contribution in [0.1, 0.15) is 9.75 Å².